The van der Waals surface area contributed by atoms with Crippen LogP contribution in [0.5, 0.6) is 0 Å². The van der Waals surface area contributed by atoms with Crippen molar-refractivity contribution in [1.82, 2.24) is 4.90 Å². The molecule has 96 valence electrons. The van der Waals surface area contributed by atoms with E-state index in [1.807, 2.05) is 31.2 Å². The minimum atomic E-state index is -0.915. The lowest BCUT2D eigenvalue weighted by Gasteiger charge is -2.11. The molecule has 0 spiro atoms. The fourth-order valence-corrected chi connectivity index (χ4v) is 1.88. The molecule has 1 aliphatic rings. The first-order valence-electron chi connectivity index (χ1n) is 5.80. The van der Waals surface area contributed by atoms with E-state index in [4.69, 9.17) is 9.84 Å². The first kappa shape index (κ1) is 12.4. The first-order chi connectivity index (χ1) is 8.56. The fourth-order valence-electron chi connectivity index (χ4n) is 1.88. The quantitative estimate of drug-likeness (QED) is 0.885. The topological polar surface area (TPSA) is 66.8 Å². The van der Waals surface area contributed by atoms with Gasteiger partial charge >= 0.3 is 12.1 Å². The molecule has 5 heteroatoms. The number of hydrogen-bond donors (Lipinski definition) is 1. The van der Waals surface area contributed by atoms with Gasteiger partial charge in [-0.15, -0.1) is 0 Å². The van der Waals surface area contributed by atoms with Gasteiger partial charge in [0.05, 0.1) is 13.0 Å². The van der Waals surface area contributed by atoms with E-state index in [-0.39, 0.29) is 19.1 Å². The van der Waals surface area contributed by atoms with Gasteiger partial charge in [0, 0.05) is 6.54 Å². The van der Waals surface area contributed by atoms with Crippen LogP contribution in [-0.2, 0) is 9.53 Å². The van der Waals surface area contributed by atoms with Crippen LogP contribution in [0.15, 0.2) is 24.3 Å². The SMILES string of the molecule is Cc1ccc(C2CN(CCC(=O)O)C(=O)O2)cc1. The number of carboxylic acids is 1. The predicted molar refractivity (Wildman–Crippen MR) is 64.2 cm³/mol. The van der Waals surface area contributed by atoms with Crippen LogP contribution in [0.3, 0.4) is 0 Å². The number of hydrogen-bond acceptors (Lipinski definition) is 3. The van der Waals surface area contributed by atoms with Gasteiger partial charge in [-0.25, -0.2) is 4.79 Å². The molecule has 0 saturated carbocycles. The zero-order chi connectivity index (χ0) is 13.1. The minimum absolute atomic E-state index is 0.0598. The Morgan fingerprint density at radius 3 is 2.72 bits per heavy atom. The smallest absolute Gasteiger partial charge is 0.410 e. The standard InChI is InChI=1S/C13H15NO4/c1-9-2-4-10(5-3-9)11-8-14(13(17)18-11)7-6-12(15)16/h2-5,11H,6-8H2,1H3,(H,15,16). The third kappa shape index (κ3) is 2.80. The molecule has 1 amide bonds. The van der Waals surface area contributed by atoms with Crippen LogP contribution < -0.4 is 0 Å². The summed E-state index contributed by atoms with van der Waals surface area (Å²) in [6.07, 6.45) is -0.802. The van der Waals surface area contributed by atoms with Gasteiger partial charge in [0.25, 0.3) is 0 Å². The number of carboxylic acid groups (broad SMARTS) is 1. The lowest BCUT2D eigenvalue weighted by Crippen LogP contribution is -2.27. The number of benzene rings is 1. The maximum absolute atomic E-state index is 11.5. The highest BCUT2D eigenvalue weighted by molar-refractivity contribution is 5.72. The van der Waals surface area contributed by atoms with Crippen LogP contribution in [-0.4, -0.2) is 35.2 Å². The van der Waals surface area contributed by atoms with E-state index in [1.165, 1.54) is 4.90 Å². The Bertz CT molecular complexity index is 455. The highest BCUT2D eigenvalue weighted by Crippen LogP contribution is 2.26. The summed E-state index contributed by atoms with van der Waals surface area (Å²) >= 11 is 0. The molecule has 0 aromatic heterocycles. The fraction of sp³-hybridized carbons (Fsp3) is 0.385. The Morgan fingerprint density at radius 2 is 2.11 bits per heavy atom. The van der Waals surface area contributed by atoms with Crippen molar-refractivity contribution in [1.29, 1.82) is 0 Å². The van der Waals surface area contributed by atoms with Crippen molar-refractivity contribution in [3.63, 3.8) is 0 Å². The number of ether oxygens (including phenoxy) is 1. The number of aryl methyl sites for hydroxylation is 1. The molecule has 1 saturated heterocycles. The number of carbonyl (C=O) groups is 2. The van der Waals surface area contributed by atoms with Gasteiger partial charge in [0.2, 0.25) is 0 Å². The second-order valence-electron chi connectivity index (χ2n) is 4.37. The summed E-state index contributed by atoms with van der Waals surface area (Å²) in [6.45, 7) is 2.59. The van der Waals surface area contributed by atoms with Gasteiger partial charge in [-0.1, -0.05) is 29.8 Å². The third-order valence-corrected chi connectivity index (χ3v) is 2.93. The zero-order valence-corrected chi connectivity index (χ0v) is 10.1. The number of amides is 1. The van der Waals surface area contributed by atoms with Crippen LogP contribution in [0, 0.1) is 6.92 Å². The molecule has 0 aliphatic carbocycles. The molecule has 1 aromatic carbocycles. The Labute approximate surface area is 105 Å². The Hall–Kier alpha value is -2.04. The van der Waals surface area contributed by atoms with E-state index in [9.17, 15) is 9.59 Å². The average molecular weight is 249 g/mol. The highest BCUT2D eigenvalue weighted by atomic mass is 16.6. The summed E-state index contributed by atoms with van der Waals surface area (Å²) in [5.74, 6) is -0.915. The molecule has 1 aliphatic heterocycles. The second kappa shape index (κ2) is 5.08. The summed E-state index contributed by atoms with van der Waals surface area (Å²) in [5.41, 5.74) is 2.08. The van der Waals surface area contributed by atoms with Crippen molar-refractivity contribution in [2.45, 2.75) is 19.4 Å². The highest BCUT2D eigenvalue weighted by Gasteiger charge is 2.32. The van der Waals surface area contributed by atoms with Gasteiger partial charge in [-0.2, -0.15) is 0 Å². The largest absolute Gasteiger partial charge is 0.481 e. The van der Waals surface area contributed by atoms with E-state index in [1.54, 1.807) is 0 Å². The molecule has 1 atom stereocenters. The molecule has 2 rings (SSSR count). The summed E-state index contributed by atoms with van der Waals surface area (Å²) < 4.78 is 5.23. The summed E-state index contributed by atoms with van der Waals surface area (Å²) in [7, 11) is 0. The monoisotopic (exact) mass is 249 g/mol. The normalized spacial score (nSPS) is 18.8. The molecule has 1 unspecified atom stereocenters. The number of aliphatic carboxylic acids is 1. The lowest BCUT2D eigenvalue weighted by molar-refractivity contribution is -0.137. The number of carbonyl (C=O) groups excluding carboxylic acids is 1. The van der Waals surface area contributed by atoms with Crippen molar-refractivity contribution >= 4 is 12.1 Å². The van der Waals surface area contributed by atoms with Gasteiger partial charge in [-0.3, -0.25) is 4.79 Å². The van der Waals surface area contributed by atoms with Crippen molar-refractivity contribution < 1.29 is 19.4 Å². The van der Waals surface area contributed by atoms with Crippen LogP contribution in [0.2, 0.25) is 0 Å². The number of rotatable bonds is 4. The molecule has 18 heavy (non-hydrogen) atoms. The van der Waals surface area contributed by atoms with Crippen molar-refractivity contribution in [2.75, 3.05) is 13.1 Å². The van der Waals surface area contributed by atoms with Crippen molar-refractivity contribution in [3.8, 4) is 0 Å². The molecule has 5 nitrogen and oxygen atoms in total. The molecular formula is C13H15NO4. The third-order valence-electron chi connectivity index (χ3n) is 2.93. The second-order valence-corrected chi connectivity index (χ2v) is 4.37. The molecule has 0 radical (unpaired) electrons. The molecule has 1 fully saturated rings. The van der Waals surface area contributed by atoms with Crippen molar-refractivity contribution in [2.24, 2.45) is 0 Å². The van der Waals surface area contributed by atoms with Crippen LogP contribution >= 0.6 is 0 Å². The summed E-state index contributed by atoms with van der Waals surface area (Å²) in [4.78, 5) is 23.5. The molecule has 1 heterocycles. The average Bonchev–Trinajstić information content (AvgIpc) is 2.69. The van der Waals surface area contributed by atoms with E-state index in [0.717, 1.165) is 11.1 Å². The number of cyclic esters (lactones) is 1. The molecule has 1 N–H and O–H groups in total. The van der Waals surface area contributed by atoms with Crippen LogP contribution in [0.1, 0.15) is 23.7 Å². The maximum atomic E-state index is 11.5. The van der Waals surface area contributed by atoms with Gasteiger partial charge in [-0.05, 0) is 12.5 Å². The summed E-state index contributed by atoms with van der Waals surface area (Å²) in [5, 5.41) is 8.59. The Morgan fingerprint density at radius 1 is 1.44 bits per heavy atom. The first-order valence-corrected chi connectivity index (χ1v) is 5.80. The van der Waals surface area contributed by atoms with Crippen molar-refractivity contribution in [3.05, 3.63) is 35.4 Å². The Kier molecular flexibility index (Phi) is 3.50. The van der Waals surface area contributed by atoms with Gasteiger partial charge in [0.1, 0.15) is 6.10 Å². The predicted octanol–water partition coefficient (Wildman–Crippen LogP) is 1.96. The van der Waals surface area contributed by atoms with Gasteiger partial charge < -0.3 is 14.7 Å². The molecule has 0 bridgehead atoms. The van der Waals surface area contributed by atoms with E-state index < -0.39 is 12.1 Å². The Balaban J connectivity index is 1.99. The minimum Gasteiger partial charge on any atom is -0.481 e. The van der Waals surface area contributed by atoms with Gasteiger partial charge in [0.15, 0.2) is 0 Å². The lowest BCUT2D eigenvalue weighted by atomic mass is 10.1. The summed E-state index contributed by atoms with van der Waals surface area (Å²) in [6, 6.07) is 7.77. The van der Waals surface area contributed by atoms with E-state index >= 15 is 0 Å². The number of nitrogens with zero attached hydrogens (tertiary/aromatic N) is 1. The van der Waals surface area contributed by atoms with Crippen LogP contribution in [0.4, 0.5) is 4.79 Å². The van der Waals surface area contributed by atoms with E-state index in [0.29, 0.717) is 6.54 Å². The molecule has 1 aromatic rings. The maximum Gasteiger partial charge on any atom is 0.410 e. The molecular weight excluding hydrogens is 234 g/mol. The zero-order valence-electron chi connectivity index (χ0n) is 10.1. The van der Waals surface area contributed by atoms with Crippen LogP contribution in [0.25, 0.3) is 0 Å². The van der Waals surface area contributed by atoms with E-state index in [2.05, 4.69) is 0 Å².